The number of rotatable bonds is 9. The molecule has 0 saturated carbocycles. The third-order valence-corrected chi connectivity index (χ3v) is 4.12. The van der Waals surface area contributed by atoms with Crippen molar-refractivity contribution in [2.24, 2.45) is 0 Å². The zero-order valence-corrected chi connectivity index (χ0v) is 16.5. The van der Waals surface area contributed by atoms with Gasteiger partial charge in [0.1, 0.15) is 5.75 Å². The molecule has 156 valence electrons. The number of esters is 1. The molecule has 3 heteroatoms. The third kappa shape index (κ3) is 9.40. The first-order valence-electron chi connectivity index (χ1n) is 9.00. The fourth-order valence-electron chi connectivity index (χ4n) is 2.44. The Morgan fingerprint density at radius 3 is 2.18 bits per heavy atom. The summed E-state index contributed by atoms with van der Waals surface area (Å²) in [5.41, 5.74) is 4.80. The van der Waals surface area contributed by atoms with Crippen molar-refractivity contribution < 1.29 is 14.3 Å². The highest BCUT2D eigenvalue weighted by Gasteiger charge is 2.07. The molecule has 0 aliphatic carbocycles. The molecule has 0 N–H and O–H groups in total. The van der Waals surface area contributed by atoms with E-state index < -0.39 is 0 Å². The topological polar surface area (TPSA) is 35.5 Å². The van der Waals surface area contributed by atoms with E-state index in [2.05, 4.69) is 39.8 Å². The molecular weight excluding hydrogens is 348 g/mol. The summed E-state index contributed by atoms with van der Waals surface area (Å²) in [6, 6.07) is 2.07. The standard InChI is InChI=1S/C23H30O3.2CH4/c1-6-7-16-26-23(24)15-13-11-9-8-10-12-14-21-18(2)17-22(25-5)20(4)19(21)3;;/h8-15,17H,6-7,16H2,1-5H3;2*1H4/b10-8+,11-9+,14-12+,15-13+;;. The van der Waals surface area contributed by atoms with E-state index >= 15 is 0 Å². The number of unbranched alkanes of at least 4 members (excludes halogenated alkanes) is 1. The number of benzene rings is 1. The van der Waals surface area contributed by atoms with E-state index in [1.165, 1.54) is 22.8 Å². The van der Waals surface area contributed by atoms with E-state index in [1.54, 1.807) is 19.3 Å². The molecule has 0 atom stereocenters. The van der Waals surface area contributed by atoms with Gasteiger partial charge in [-0.2, -0.15) is 0 Å². The minimum absolute atomic E-state index is 0. The first-order valence-corrected chi connectivity index (χ1v) is 9.00. The van der Waals surface area contributed by atoms with Gasteiger partial charge in [-0.3, -0.25) is 0 Å². The summed E-state index contributed by atoms with van der Waals surface area (Å²) < 4.78 is 10.4. The number of allylic oxidation sites excluding steroid dienone is 6. The van der Waals surface area contributed by atoms with Crippen LogP contribution in [0.2, 0.25) is 0 Å². The van der Waals surface area contributed by atoms with Crippen LogP contribution in [0.5, 0.6) is 5.75 Å². The van der Waals surface area contributed by atoms with Crippen LogP contribution in [0, 0.1) is 20.8 Å². The average Bonchev–Trinajstić information content (AvgIpc) is 2.62. The molecule has 1 rings (SSSR count). The van der Waals surface area contributed by atoms with Gasteiger partial charge in [0.25, 0.3) is 0 Å². The fourth-order valence-corrected chi connectivity index (χ4v) is 2.44. The number of aryl methyl sites for hydroxylation is 1. The Hall–Kier alpha value is -2.55. The lowest BCUT2D eigenvalue weighted by Gasteiger charge is -2.13. The van der Waals surface area contributed by atoms with Crippen LogP contribution in [-0.4, -0.2) is 19.7 Å². The van der Waals surface area contributed by atoms with Gasteiger partial charge >= 0.3 is 5.97 Å². The first kappa shape index (κ1) is 27.7. The molecule has 0 heterocycles. The predicted octanol–water partition coefficient (Wildman–Crippen LogP) is 6.92. The molecule has 1 aromatic carbocycles. The van der Waals surface area contributed by atoms with E-state index in [9.17, 15) is 4.79 Å². The Bertz CT molecular complexity index is 707. The van der Waals surface area contributed by atoms with Crippen LogP contribution in [0.25, 0.3) is 6.08 Å². The predicted molar refractivity (Wildman–Crippen MR) is 123 cm³/mol. The minimum atomic E-state index is -0.298. The van der Waals surface area contributed by atoms with Gasteiger partial charge in [-0.1, -0.05) is 70.7 Å². The lowest BCUT2D eigenvalue weighted by Crippen LogP contribution is -2.01. The molecule has 0 spiro atoms. The van der Waals surface area contributed by atoms with Gasteiger partial charge in [-0.05, 0) is 55.5 Å². The van der Waals surface area contributed by atoms with E-state index in [0.29, 0.717) is 6.61 Å². The number of hydrogen-bond donors (Lipinski definition) is 0. The normalized spacial score (nSPS) is 11.2. The zero-order valence-electron chi connectivity index (χ0n) is 16.5. The van der Waals surface area contributed by atoms with Crippen molar-refractivity contribution in [1.82, 2.24) is 0 Å². The highest BCUT2D eigenvalue weighted by Crippen LogP contribution is 2.28. The van der Waals surface area contributed by atoms with Crippen LogP contribution in [0.3, 0.4) is 0 Å². The Morgan fingerprint density at radius 2 is 1.57 bits per heavy atom. The summed E-state index contributed by atoms with van der Waals surface area (Å²) in [4.78, 5) is 11.4. The monoisotopic (exact) mass is 386 g/mol. The molecule has 0 fully saturated rings. The van der Waals surface area contributed by atoms with Crippen LogP contribution in [0.1, 0.15) is 56.9 Å². The molecule has 0 aliphatic rings. The van der Waals surface area contributed by atoms with Crippen LogP contribution in [-0.2, 0) is 9.53 Å². The van der Waals surface area contributed by atoms with Crippen LogP contribution < -0.4 is 4.74 Å². The number of carbonyl (C=O) groups is 1. The largest absolute Gasteiger partial charge is 0.496 e. The van der Waals surface area contributed by atoms with Gasteiger partial charge in [0.15, 0.2) is 0 Å². The molecule has 3 nitrogen and oxygen atoms in total. The van der Waals surface area contributed by atoms with Gasteiger partial charge in [-0.15, -0.1) is 0 Å². The van der Waals surface area contributed by atoms with Gasteiger partial charge in [0, 0.05) is 6.08 Å². The van der Waals surface area contributed by atoms with E-state index in [-0.39, 0.29) is 20.8 Å². The fraction of sp³-hybridized carbons (Fsp3) is 0.400. The molecule has 0 bridgehead atoms. The van der Waals surface area contributed by atoms with Crippen LogP contribution in [0.4, 0.5) is 0 Å². The summed E-state index contributed by atoms with van der Waals surface area (Å²) in [6.07, 6.45) is 16.7. The van der Waals surface area contributed by atoms with Crippen molar-refractivity contribution in [3.63, 3.8) is 0 Å². The van der Waals surface area contributed by atoms with E-state index in [4.69, 9.17) is 9.47 Å². The second-order valence-corrected chi connectivity index (χ2v) is 6.07. The second-order valence-electron chi connectivity index (χ2n) is 6.07. The molecule has 0 saturated heterocycles. The van der Waals surface area contributed by atoms with Gasteiger partial charge in [-0.25, -0.2) is 4.79 Å². The molecule has 0 radical (unpaired) electrons. The van der Waals surface area contributed by atoms with E-state index in [0.717, 1.165) is 24.2 Å². The Labute approximate surface area is 172 Å². The summed E-state index contributed by atoms with van der Waals surface area (Å²) in [5, 5.41) is 0. The molecular formula is C25H38O3. The van der Waals surface area contributed by atoms with Crippen molar-refractivity contribution in [3.8, 4) is 5.75 Å². The highest BCUT2D eigenvalue weighted by atomic mass is 16.5. The average molecular weight is 387 g/mol. The van der Waals surface area contributed by atoms with Crippen molar-refractivity contribution in [1.29, 1.82) is 0 Å². The smallest absolute Gasteiger partial charge is 0.330 e. The summed E-state index contributed by atoms with van der Waals surface area (Å²) in [7, 11) is 1.70. The molecule has 1 aromatic rings. The molecule has 0 aromatic heterocycles. The van der Waals surface area contributed by atoms with Crippen molar-refractivity contribution >= 4 is 12.0 Å². The highest BCUT2D eigenvalue weighted by molar-refractivity contribution is 5.82. The van der Waals surface area contributed by atoms with Crippen LogP contribution in [0.15, 0.2) is 48.6 Å². The maximum Gasteiger partial charge on any atom is 0.330 e. The van der Waals surface area contributed by atoms with Crippen molar-refractivity contribution in [3.05, 3.63) is 70.9 Å². The zero-order chi connectivity index (χ0) is 19.4. The number of hydrogen-bond acceptors (Lipinski definition) is 3. The number of ether oxygens (including phenoxy) is 2. The molecule has 0 unspecified atom stereocenters. The molecule has 0 aliphatic heterocycles. The van der Waals surface area contributed by atoms with Gasteiger partial charge < -0.3 is 9.47 Å². The second kappa shape index (κ2) is 15.5. The van der Waals surface area contributed by atoms with Gasteiger partial charge in [0.2, 0.25) is 0 Å². The van der Waals surface area contributed by atoms with E-state index in [1.807, 2.05) is 24.3 Å². The molecule has 28 heavy (non-hydrogen) atoms. The Balaban J connectivity index is 0. The lowest BCUT2D eigenvalue weighted by molar-refractivity contribution is -0.137. The third-order valence-electron chi connectivity index (χ3n) is 4.12. The maximum atomic E-state index is 11.4. The Morgan fingerprint density at radius 1 is 0.964 bits per heavy atom. The van der Waals surface area contributed by atoms with Crippen molar-refractivity contribution in [2.75, 3.05) is 13.7 Å². The summed E-state index contributed by atoms with van der Waals surface area (Å²) >= 11 is 0. The lowest BCUT2D eigenvalue weighted by atomic mass is 9.97. The Kier molecular flexibility index (Phi) is 15.3. The van der Waals surface area contributed by atoms with Crippen molar-refractivity contribution in [2.45, 2.75) is 55.4 Å². The first-order chi connectivity index (χ1) is 12.5. The van der Waals surface area contributed by atoms with Gasteiger partial charge in [0.05, 0.1) is 13.7 Å². The summed E-state index contributed by atoms with van der Waals surface area (Å²) in [6.45, 7) is 8.81. The number of methoxy groups -OCH3 is 1. The maximum absolute atomic E-state index is 11.4. The summed E-state index contributed by atoms with van der Waals surface area (Å²) in [5.74, 6) is 0.628. The minimum Gasteiger partial charge on any atom is -0.496 e. The SMILES string of the molecule is C.C.CCCCOC(=O)/C=C/C=C/C=C/C=C/c1c(C)cc(OC)c(C)c1C. The molecule has 0 amide bonds. The van der Waals surface area contributed by atoms with Crippen LogP contribution >= 0.6 is 0 Å². The quantitative estimate of drug-likeness (QED) is 0.200. The number of carbonyl (C=O) groups excluding carboxylic acids is 1.